The van der Waals surface area contributed by atoms with Gasteiger partial charge in [-0.25, -0.2) is 13.7 Å². The van der Waals surface area contributed by atoms with Gasteiger partial charge in [-0.05, 0) is 29.8 Å². The highest BCUT2D eigenvalue weighted by Crippen LogP contribution is 2.39. The van der Waals surface area contributed by atoms with E-state index in [-0.39, 0.29) is 11.3 Å². The van der Waals surface area contributed by atoms with Crippen LogP contribution >= 0.6 is 0 Å². The number of morpholine rings is 1. The van der Waals surface area contributed by atoms with Crippen LogP contribution in [-0.2, 0) is 14.3 Å². The molecule has 0 aromatic heterocycles. The largest absolute Gasteiger partial charge is 0.493 e. The SMILES string of the molecule is COc1ccc(C2=C(N3CCOCC3)C(=O)N(c3cc(F)ccc3F)C2=O)cc1OC. The van der Waals surface area contributed by atoms with Gasteiger partial charge in [0, 0.05) is 19.2 Å². The van der Waals surface area contributed by atoms with Crippen molar-refractivity contribution >= 4 is 23.1 Å². The van der Waals surface area contributed by atoms with E-state index in [0.717, 1.165) is 18.2 Å². The summed E-state index contributed by atoms with van der Waals surface area (Å²) in [6.07, 6.45) is 0. The molecule has 2 heterocycles. The van der Waals surface area contributed by atoms with E-state index < -0.39 is 29.1 Å². The Kier molecular flexibility index (Phi) is 5.60. The number of carbonyl (C=O) groups excluding carboxylic acids is 2. The number of anilines is 1. The van der Waals surface area contributed by atoms with Gasteiger partial charge >= 0.3 is 0 Å². The molecule has 2 aromatic rings. The van der Waals surface area contributed by atoms with Gasteiger partial charge < -0.3 is 19.1 Å². The molecule has 0 spiro atoms. The Bertz CT molecular complexity index is 1080. The van der Waals surface area contributed by atoms with Gasteiger partial charge in [0.05, 0.1) is 38.7 Å². The molecular weight excluding hydrogens is 410 g/mol. The maximum Gasteiger partial charge on any atom is 0.282 e. The first kappa shape index (κ1) is 20.8. The fraction of sp³-hybridized carbons (Fsp3) is 0.273. The number of hydrogen-bond donors (Lipinski definition) is 0. The van der Waals surface area contributed by atoms with Crippen LogP contribution in [0.5, 0.6) is 11.5 Å². The highest BCUT2D eigenvalue weighted by Gasteiger charge is 2.44. The number of carbonyl (C=O) groups is 2. The van der Waals surface area contributed by atoms with Crippen LogP contribution in [0.25, 0.3) is 5.57 Å². The van der Waals surface area contributed by atoms with Gasteiger partial charge in [-0.1, -0.05) is 6.07 Å². The molecule has 0 unspecified atom stereocenters. The Labute approximate surface area is 177 Å². The van der Waals surface area contributed by atoms with Gasteiger partial charge in [0.25, 0.3) is 11.8 Å². The van der Waals surface area contributed by atoms with E-state index in [2.05, 4.69) is 0 Å². The average Bonchev–Trinajstić information content (AvgIpc) is 3.05. The molecule has 7 nitrogen and oxygen atoms in total. The predicted octanol–water partition coefficient (Wildman–Crippen LogP) is 2.60. The Morgan fingerprint density at radius 3 is 2.29 bits per heavy atom. The van der Waals surface area contributed by atoms with E-state index in [0.29, 0.717) is 48.3 Å². The third-order valence-corrected chi connectivity index (χ3v) is 5.21. The number of halogens is 2. The summed E-state index contributed by atoms with van der Waals surface area (Å²) in [5, 5.41) is 0. The lowest BCUT2D eigenvalue weighted by atomic mass is 10.0. The van der Waals surface area contributed by atoms with E-state index >= 15 is 0 Å². The van der Waals surface area contributed by atoms with Crippen molar-refractivity contribution in [1.82, 2.24) is 4.90 Å². The monoisotopic (exact) mass is 430 g/mol. The number of benzene rings is 2. The summed E-state index contributed by atoms with van der Waals surface area (Å²) in [5.74, 6) is -2.29. The first-order valence-electron chi connectivity index (χ1n) is 9.59. The summed E-state index contributed by atoms with van der Waals surface area (Å²) in [4.78, 5) is 29.2. The summed E-state index contributed by atoms with van der Waals surface area (Å²) in [5.41, 5.74) is 0.161. The molecule has 0 aliphatic carbocycles. The second-order valence-electron chi connectivity index (χ2n) is 6.93. The minimum atomic E-state index is -0.877. The van der Waals surface area contributed by atoms with Crippen LogP contribution in [0.3, 0.4) is 0 Å². The smallest absolute Gasteiger partial charge is 0.282 e. The van der Waals surface area contributed by atoms with E-state index in [4.69, 9.17) is 14.2 Å². The number of amides is 2. The van der Waals surface area contributed by atoms with Crippen molar-refractivity contribution in [2.24, 2.45) is 0 Å². The summed E-state index contributed by atoms with van der Waals surface area (Å²) >= 11 is 0. The molecule has 2 aliphatic heterocycles. The molecule has 0 saturated carbocycles. The number of methoxy groups -OCH3 is 2. The van der Waals surface area contributed by atoms with E-state index in [1.165, 1.54) is 14.2 Å². The summed E-state index contributed by atoms with van der Waals surface area (Å²) in [6, 6.07) is 7.45. The normalized spacial score (nSPS) is 16.9. The van der Waals surface area contributed by atoms with E-state index in [1.54, 1.807) is 23.1 Å². The molecular formula is C22H20F2N2O5. The third-order valence-electron chi connectivity index (χ3n) is 5.21. The quantitative estimate of drug-likeness (QED) is 0.680. The number of imide groups is 1. The molecule has 9 heteroatoms. The molecule has 2 amide bonds. The maximum atomic E-state index is 14.5. The van der Waals surface area contributed by atoms with Crippen LogP contribution in [0.4, 0.5) is 14.5 Å². The van der Waals surface area contributed by atoms with Crippen molar-refractivity contribution in [2.45, 2.75) is 0 Å². The highest BCUT2D eigenvalue weighted by atomic mass is 19.1. The first-order chi connectivity index (χ1) is 15.0. The zero-order valence-corrected chi connectivity index (χ0v) is 17.0. The molecule has 0 N–H and O–H groups in total. The van der Waals surface area contributed by atoms with Crippen LogP contribution < -0.4 is 14.4 Å². The van der Waals surface area contributed by atoms with Gasteiger partial charge in [0.15, 0.2) is 11.5 Å². The second-order valence-corrected chi connectivity index (χ2v) is 6.93. The maximum absolute atomic E-state index is 14.5. The Morgan fingerprint density at radius 2 is 1.61 bits per heavy atom. The molecule has 1 fully saturated rings. The molecule has 2 aromatic carbocycles. The van der Waals surface area contributed by atoms with E-state index in [9.17, 15) is 18.4 Å². The van der Waals surface area contributed by atoms with Crippen LogP contribution in [0.15, 0.2) is 42.1 Å². The van der Waals surface area contributed by atoms with Crippen LogP contribution in [0.1, 0.15) is 5.56 Å². The minimum Gasteiger partial charge on any atom is -0.493 e. The van der Waals surface area contributed by atoms with Gasteiger partial charge in [-0.2, -0.15) is 0 Å². The van der Waals surface area contributed by atoms with Gasteiger partial charge in [0.2, 0.25) is 0 Å². The van der Waals surface area contributed by atoms with Crippen molar-refractivity contribution in [3.05, 3.63) is 59.3 Å². The van der Waals surface area contributed by atoms with Crippen LogP contribution in [-0.4, -0.2) is 57.2 Å². The third kappa shape index (κ3) is 3.61. The van der Waals surface area contributed by atoms with Gasteiger partial charge in [-0.15, -0.1) is 0 Å². The fourth-order valence-corrected chi connectivity index (χ4v) is 3.73. The number of rotatable bonds is 5. The summed E-state index contributed by atoms with van der Waals surface area (Å²) in [7, 11) is 2.93. The van der Waals surface area contributed by atoms with Crippen molar-refractivity contribution in [3.63, 3.8) is 0 Å². The van der Waals surface area contributed by atoms with E-state index in [1.807, 2.05) is 0 Å². The lowest BCUT2D eigenvalue weighted by molar-refractivity contribution is -0.121. The molecule has 162 valence electrons. The average molecular weight is 430 g/mol. The second kappa shape index (κ2) is 8.35. The molecule has 0 bridgehead atoms. The molecule has 0 atom stereocenters. The topological polar surface area (TPSA) is 68.3 Å². The lowest BCUT2D eigenvalue weighted by Crippen LogP contribution is -2.40. The molecule has 2 aliphatic rings. The standard InChI is InChI=1S/C22H20F2N2O5/c1-29-17-6-3-13(11-18(17)30-2)19-20(25-7-9-31-10-8-25)22(28)26(21(19)27)16-12-14(23)4-5-15(16)24/h3-6,11-12H,7-10H2,1-2H3. The van der Waals surface area contributed by atoms with Crippen LogP contribution in [0, 0.1) is 11.6 Å². The fourth-order valence-electron chi connectivity index (χ4n) is 3.73. The molecule has 0 radical (unpaired) electrons. The number of nitrogens with zero attached hydrogens (tertiary/aromatic N) is 2. The Morgan fingerprint density at radius 1 is 0.903 bits per heavy atom. The molecule has 4 rings (SSSR count). The Hall–Kier alpha value is -3.46. The van der Waals surface area contributed by atoms with Crippen molar-refractivity contribution in [1.29, 1.82) is 0 Å². The first-order valence-corrected chi connectivity index (χ1v) is 9.59. The summed E-state index contributed by atoms with van der Waals surface area (Å²) in [6.45, 7) is 1.51. The highest BCUT2D eigenvalue weighted by molar-refractivity contribution is 6.45. The van der Waals surface area contributed by atoms with Crippen LogP contribution in [0.2, 0.25) is 0 Å². The number of hydrogen-bond acceptors (Lipinski definition) is 6. The summed E-state index contributed by atoms with van der Waals surface area (Å²) < 4.78 is 44.2. The van der Waals surface area contributed by atoms with Gasteiger partial charge in [-0.3, -0.25) is 9.59 Å². The van der Waals surface area contributed by atoms with Crippen molar-refractivity contribution in [3.8, 4) is 11.5 Å². The zero-order valence-electron chi connectivity index (χ0n) is 17.0. The minimum absolute atomic E-state index is 0.0801. The number of ether oxygens (including phenoxy) is 3. The molecule has 1 saturated heterocycles. The van der Waals surface area contributed by atoms with Crippen molar-refractivity contribution < 1.29 is 32.6 Å². The zero-order chi connectivity index (χ0) is 22.1. The predicted molar refractivity (Wildman–Crippen MR) is 108 cm³/mol. The van der Waals surface area contributed by atoms with Gasteiger partial charge in [0.1, 0.15) is 17.3 Å². The Balaban J connectivity index is 1.87. The lowest BCUT2D eigenvalue weighted by Gasteiger charge is -2.29. The van der Waals surface area contributed by atoms with Crippen molar-refractivity contribution in [2.75, 3.05) is 45.4 Å². The molecule has 31 heavy (non-hydrogen) atoms.